The van der Waals surface area contributed by atoms with E-state index in [0.29, 0.717) is 16.5 Å². The number of hydrogen-bond donors (Lipinski definition) is 3. The second-order valence-corrected chi connectivity index (χ2v) is 8.79. The number of thiol groups is 1. The Kier molecular flexibility index (Phi) is 6.76. The van der Waals surface area contributed by atoms with Crippen LogP contribution in [0, 0.1) is 5.82 Å². The average molecular weight is 510 g/mol. The van der Waals surface area contributed by atoms with Crippen molar-refractivity contribution in [1.82, 2.24) is 9.71 Å². The molecule has 2 heterocycles. The molecule has 172 valence electrons. The van der Waals surface area contributed by atoms with E-state index in [4.69, 9.17) is 38.1 Å². The fourth-order valence-corrected chi connectivity index (χ4v) is 4.46. The van der Waals surface area contributed by atoms with Crippen molar-refractivity contribution in [2.45, 2.75) is 19.6 Å². The van der Waals surface area contributed by atoms with Crippen LogP contribution in [0.5, 0.6) is 5.75 Å². The molecule has 0 aliphatic heterocycles. The van der Waals surface area contributed by atoms with Crippen molar-refractivity contribution in [3.05, 3.63) is 75.8 Å². The summed E-state index contributed by atoms with van der Waals surface area (Å²) in [6.07, 6.45) is 2.33. The lowest BCUT2D eigenvalue weighted by Crippen LogP contribution is -2.10. The molecule has 4 rings (SSSR count). The smallest absolute Gasteiger partial charge is 0.205 e. The third-order valence-electron chi connectivity index (χ3n) is 5.03. The molecule has 0 spiro atoms. The molecule has 0 radical (unpaired) electrons. The zero-order chi connectivity index (χ0) is 23.7. The Morgan fingerprint density at radius 1 is 1.27 bits per heavy atom. The topological polar surface area (TPSA) is 107 Å². The summed E-state index contributed by atoms with van der Waals surface area (Å²) in [6.45, 7) is 1.82. The predicted octanol–water partition coefficient (Wildman–Crippen LogP) is 5.28. The number of anilines is 1. The number of furan rings is 1. The van der Waals surface area contributed by atoms with Crippen LogP contribution in [0.4, 0.5) is 10.2 Å². The number of hydrogen-bond acceptors (Lipinski definition) is 6. The summed E-state index contributed by atoms with van der Waals surface area (Å²) in [5.74, 6) is -0.369. The molecule has 0 saturated carbocycles. The van der Waals surface area contributed by atoms with Crippen molar-refractivity contribution in [2.24, 2.45) is 0 Å². The first kappa shape index (κ1) is 23.3. The monoisotopic (exact) mass is 509 g/mol. The number of ether oxygens (including phenoxy) is 1. The lowest BCUT2D eigenvalue weighted by Gasteiger charge is -2.18. The summed E-state index contributed by atoms with van der Waals surface area (Å²) < 4.78 is 49.8. The van der Waals surface area contributed by atoms with Crippen LogP contribution in [0.15, 0.2) is 53.3 Å². The molecule has 7 nitrogen and oxygen atoms in total. The summed E-state index contributed by atoms with van der Waals surface area (Å²) in [6, 6.07) is 9.88. The summed E-state index contributed by atoms with van der Waals surface area (Å²) in [5, 5.41) is 0.736. The highest BCUT2D eigenvalue weighted by Crippen LogP contribution is 2.41. The molecule has 33 heavy (non-hydrogen) atoms. The molecule has 0 unspecified atom stereocenters. The highest BCUT2D eigenvalue weighted by atomic mass is 35.5. The molecule has 0 aliphatic carbocycles. The Balaban J connectivity index is 1.72. The Labute approximate surface area is 200 Å². The number of nitrogens with zero attached hydrogens (tertiary/aromatic N) is 1. The number of benzene rings is 2. The largest absolute Gasteiger partial charge is 0.478 e. The first-order valence-electron chi connectivity index (χ1n) is 9.69. The van der Waals surface area contributed by atoms with Gasteiger partial charge in [-0.1, -0.05) is 41.4 Å². The van der Waals surface area contributed by atoms with E-state index in [1.807, 2.05) is 12.1 Å². The zero-order valence-corrected chi connectivity index (χ0v) is 19.5. The minimum atomic E-state index is -2.70. The number of fused-ring (bicyclic) bond motifs is 1. The molecule has 0 amide bonds. The van der Waals surface area contributed by atoms with E-state index in [2.05, 4.69) is 9.71 Å². The van der Waals surface area contributed by atoms with Crippen molar-refractivity contribution < 1.29 is 22.0 Å². The van der Waals surface area contributed by atoms with Gasteiger partial charge in [0.05, 0.1) is 16.7 Å². The molecule has 11 heteroatoms. The van der Waals surface area contributed by atoms with E-state index in [1.54, 1.807) is 25.3 Å². The number of nitrogen functional groups attached to an aromatic ring is 1. The molecule has 0 fully saturated rings. The van der Waals surface area contributed by atoms with E-state index in [0.717, 1.165) is 11.1 Å². The minimum Gasteiger partial charge on any atom is -0.478 e. The average Bonchev–Trinajstić information content (AvgIpc) is 3.22. The van der Waals surface area contributed by atoms with Gasteiger partial charge in [-0.25, -0.2) is 22.5 Å². The van der Waals surface area contributed by atoms with Gasteiger partial charge < -0.3 is 14.9 Å². The fourth-order valence-electron chi connectivity index (χ4n) is 3.47. The van der Waals surface area contributed by atoms with Crippen LogP contribution < -0.4 is 15.2 Å². The Bertz CT molecular complexity index is 1420. The second-order valence-electron chi connectivity index (χ2n) is 7.17. The van der Waals surface area contributed by atoms with E-state index in [1.165, 1.54) is 18.4 Å². The van der Waals surface area contributed by atoms with Crippen LogP contribution in [0.25, 0.3) is 22.1 Å². The molecule has 3 N–H and O–H groups in total. The summed E-state index contributed by atoms with van der Waals surface area (Å²) in [7, 11) is -2.70. The Hall–Kier alpha value is -2.85. The number of halogens is 3. The van der Waals surface area contributed by atoms with Crippen molar-refractivity contribution in [2.75, 3.05) is 5.73 Å². The van der Waals surface area contributed by atoms with Crippen molar-refractivity contribution in [3.8, 4) is 16.9 Å². The minimum absolute atomic E-state index is 0.0797. The second kappa shape index (κ2) is 9.56. The van der Waals surface area contributed by atoms with Crippen molar-refractivity contribution in [3.63, 3.8) is 0 Å². The number of nitrogens with two attached hydrogens (primary N) is 1. The lowest BCUT2D eigenvalue weighted by atomic mass is 10.0. The van der Waals surface area contributed by atoms with Gasteiger partial charge in [0, 0.05) is 28.9 Å². The number of aromatic nitrogens is 1. The molecule has 0 aliphatic rings. The van der Waals surface area contributed by atoms with Gasteiger partial charge in [0.2, 0.25) is 16.6 Å². The van der Waals surface area contributed by atoms with E-state index in [9.17, 15) is 12.8 Å². The zero-order valence-electron chi connectivity index (χ0n) is 17.1. The predicted molar refractivity (Wildman–Crippen MR) is 126 cm³/mol. The van der Waals surface area contributed by atoms with Crippen LogP contribution in [0.2, 0.25) is 10.0 Å². The van der Waals surface area contributed by atoms with Crippen LogP contribution >= 0.6 is 23.2 Å². The Morgan fingerprint density at radius 3 is 2.82 bits per heavy atom. The van der Waals surface area contributed by atoms with Gasteiger partial charge in [0.1, 0.15) is 11.9 Å². The summed E-state index contributed by atoms with van der Waals surface area (Å²) >= 11 is 12.3. The quantitative estimate of drug-likeness (QED) is 0.231. The van der Waals surface area contributed by atoms with Gasteiger partial charge in [-0.05, 0) is 36.2 Å². The summed E-state index contributed by atoms with van der Waals surface area (Å²) in [4.78, 5) is 4.22. The van der Waals surface area contributed by atoms with Crippen LogP contribution in [-0.2, 0) is 17.4 Å². The standard InChI is InChI=1S/C22H18Cl2FN3O4S/c1-11(18-16(23)5-6-17(25)19(18)24)32-21-20-14(9-27-22(21)26)15(10-31-20)13-4-2-3-12(7-13)8-28-33(29)30/h2-7,9-11,33H,8H2,1H3,(H2,26,27)(H,28,29,30)/t11-/m1/s1. The third-order valence-corrected chi connectivity index (χ3v) is 6.16. The molecule has 4 aromatic rings. The molecular weight excluding hydrogens is 492 g/mol. The number of nitrogens with one attached hydrogen (secondary N) is 1. The highest BCUT2D eigenvalue weighted by molar-refractivity contribution is 7.70. The highest BCUT2D eigenvalue weighted by Gasteiger charge is 2.23. The molecule has 1 atom stereocenters. The van der Waals surface area contributed by atoms with E-state index in [-0.39, 0.29) is 33.7 Å². The van der Waals surface area contributed by atoms with Gasteiger partial charge >= 0.3 is 0 Å². The maximum atomic E-state index is 14.0. The molecule has 0 bridgehead atoms. The van der Waals surface area contributed by atoms with Gasteiger partial charge in [0.15, 0.2) is 11.4 Å². The summed E-state index contributed by atoms with van der Waals surface area (Å²) in [5.41, 5.74) is 8.95. The van der Waals surface area contributed by atoms with Gasteiger partial charge in [-0.15, -0.1) is 0 Å². The van der Waals surface area contributed by atoms with Gasteiger partial charge in [0.25, 0.3) is 0 Å². The van der Waals surface area contributed by atoms with Crippen molar-refractivity contribution >= 4 is 50.9 Å². The fraction of sp³-hybridized carbons (Fsp3) is 0.136. The first-order valence-corrected chi connectivity index (χ1v) is 11.6. The number of pyridine rings is 1. The first-order chi connectivity index (χ1) is 15.8. The third kappa shape index (κ3) is 4.77. The maximum Gasteiger partial charge on any atom is 0.205 e. The van der Waals surface area contributed by atoms with Crippen LogP contribution in [0.1, 0.15) is 24.2 Å². The SMILES string of the molecule is C[C@@H](Oc1c(N)ncc2c(-c3cccc(CN[SH](=O)=O)c3)coc12)c1c(Cl)ccc(F)c1Cl. The molecule has 0 saturated heterocycles. The Morgan fingerprint density at radius 2 is 2.06 bits per heavy atom. The van der Waals surface area contributed by atoms with E-state index >= 15 is 0 Å². The van der Waals surface area contributed by atoms with Gasteiger partial charge in [-0.3, -0.25) is 0 Å². The molecule has 2 aromatic carbocycles. The molecule has 2 aromatic heterocycles. The lowest BCUT2D eigenvalue weighted by molar-refractivity contribution is 0.227. The number of rotatable bonds is 7. The van der Waals surface area contributed by atoms with Crippen molar-refractivity contribution in [1.29, 1.82) is 0 Å². The van der Waals surface area contributed by atoms with E-state index < -0.39 is 22.8 Å². The maximum absolute atomic E-state index is 14.0. The van der Waals surface area contributed by atoms with Gasteiger partial charge in [-0.2, -0.15) is 0 Å². The normalized spacial score (nSPS) is 12.4. The molecular formula is C22H18Cl2FN3O4S. The van der Waals surface area contributed by atoms with Crippen LogP contribution in [0.3, 0.4) is 0 Å². The van der Waals surface area contributed by atoms with Crippen LogP contribution in [-0.4, -0.2) is 13.4 Å².